The molecule has 0 aliphatic carbocycles. The van der Waals surface area contributed by atoms with E-state index in [-0.39, 0.29) is 11.7 Å². The number of ketones is 1. The van der Waals surface area contributed by atoms with Gasteiger partial charge < -0.3 is 9.64 Å². The number of amides is 1. The topological polar surface area (TPSA) is 46.6 Å². The lowest BCUT2D eigenvalue weighted by Crippen LogP contribution is -2.37. The second kappa shape index (κ2) is 6.65. The summed E-state index contributed by atoms with van der Waals surface area (Å²) in [5.41, 5.74) is 2.49. The summed E-state index contributed by atoms with van der Waals surface area (Å²) in [7, 11) is 1.63. The van der Waals surface area contributed by atoms with Crippen molar-refractivity contribution < 1.29 is 14.3 Å². The number of rotatable bonds is 4. The van der Waals surface area contributed by atoms with Gasteiger partial charge in [0.05, 0.1) is 12.8 Å². The van der Waals surface area contributed by atoms with E-state index >= 15 is 0 Å². The summed E-state index contributed by atoms with van der Waals surface area (Å²) in [6.07, 6.45) is 1.50. The lowest BCUT2D eigenvalue weighted by molar-refractivity contribution is -0.118. The summed E-state index contributed by atoms with van der Waals surface area (Å²) < 4.78 is 5.13. The number of methoxy groups -OCH3 is 1. The maximum atomic E-state index is 12.6. The molecule has 1 amide bonds. The fraction of sp³-hybridized carbons (Fsp3) is 0.263. The summed E-state index contributed by atoms with van der Waals surface area (Å²) in [4.78, 5) is 26.2. The van der Waals surface area contributed by atoms with Gasteiger partial charge in [0.25, 0.3) is 0 Å². The van der Waals surface area contributed by atoms with Crippen molar-refractivity contribution in [2.75, 3.05) is 18.6 Å². The first kappa shape index (κ1) is 15.3. The summed E-state index contributed by atoms with van der Waals surface area (Å²) >= 11 is 0. The molecule has 2 aromatic carbocycles. The molecule has 1 heterocycles. The molecular formula is C19H19NO3. The highest BCUT2D eigenvalue weighted by molar-refractivity contribution is 6.08. The molecule has 4 heteroatoms. The van der Waals surface area contributed by atoms with Crippen LogP contribution < -0.4 is 9.64 Å². The Morgan fingerprint density at radius 3 is 2.61 bits per heavy atom. The summed E-state index contributed by atoms with van der Waals surface area (Å²) in [5.74, 6) is 0.976. The Hall–Kier alpha value is -2.62. The van der Waals surface area contributed by atoms with E-state index in [4.69, 9.17) is 4.74 Å². The molecule has 3 rings (SSSR count). The molecule has 0 fully saturated rings. The number of hydrogen-bond donors (Lipinski definition) is 0. The molecule has 1 aliphatic rings. The van der Waals surface area contributed by atoms with Crippen LogP contribution in [0.1, 0.15) is 28.8 Å². The SMILES string of the molecule is COc1ccc(CCC(=O)N2CCC(=O)c3ccccc32)cc1. The van der Waals surface area contributed by atoms with Crippen LogP contribution in [0, 0.1) is 0 Å². The van der Waals surface area contributed by atoms with E-state index in [1.165, 1.54) is 0 Å². The number of hydrogen-bond acceptors (Lipinski definition) is 3. The minimum absolute atomic E-state index is 0.0563. The van der Waals surface area contributed by atoms with Gasteiger partial charge >= 0.3 is 0 Å². The zero-order valence-corrected chi connectivity index (χ0v) is 13.1. The van der Waals surface area contributed by atoms with E-state index in [2.05, 4.69) is 0 Å². The maximum absolute atomic E-state index is 12.6. The van der Waals surface area contributed by atoms with Crippen molar-refractivity contribution in [2.24, 2.45) is 0 Å². The zero-order valence-electron chi connectivity index (χ0n) is 13.1. The van der Waals surface area contributed by atoms with Crippen LogP contribution in [0.15, 0.2) is 48.5 Å². The maximum Gasteiger partial charge on any atom is 0.227 e. The van der Waals surface area contributed by atoms with Gasteiger partial charge in [-0.2, -0.15) is 0 Å². The van der Waals surface area contributed by atoms with Crippen LogP contribution >= 0.6 is 0 Å². The number of Topliss-reactive ketones (excluding diaryl/α,β-unsaturated/α-hetero) is 1. The van der Waals surface area contributed by atoms with Crippen molar-refractivity contribution in [2.45, 2.75) is 19.3 Å². The molecule has 2 aromatic rings. The molecule has 23 heavy (non-hydrogen) atoms. The molecule has 0 saturated heterocycles. The highest BCUT2D eigenvalue weighted by atomic mass is 16.5. The highest BCUT2D eigenvalue weighted by Gasteiger charge is 2.26. The van der Waals surface area contributed by atoms with Crippen molar-refractivity contribution in [1.82, 2.24) is 0 Å². The van der Waals surface area contributed by atoms with Gasteiger partial charge in [-0.25, -0.2) is 0 Å². The molecular weight excluding hydrogens is 290 g/mol. The Morgan fingerprint density at radius 2 is 1.87 bits per heavy atom. The molecule has 118 valence electrons. The van der Waals surface area contributed by atoms with Crippen LogP contribution in [-0.2, 0) is 11.2 Å². The number of anilines is 1. The number of carbonyl (C=O) groups is 2. The van der Waals surface area contributed by atoms with E-state index in [0.717, 1.165) is 17.0 Å². The van der Waals surface area contributed by atoms with E-state index in [0.29, 0.717) is 31.4 Å². The Kier molecular flexibility index (Phi) is 4.42. The Bertz CT molecular complexity index is 722. The monoisotopic (exact) mass is 309 g/mol. The molecule has 0 saturated carbocycles. The van der Waals surface area contributed by atoms with E-state index in [1.54, 1.807) is 18.1 Å². The van der Waals surface area contributed by atoms with Crippen molar-refractivity contribution in [3.8, 4) is 5.75 Å². The number of fused-ring (bicyclic) bond motifs is 1. The lowest BCUT2D eigenvalue weighted by Gasteiger charge is -2.28. The van der Waals surface area contributed by atoms with E-state index in [1.807, 2.05) is 42.5 Å². The average molecular weight is 309 g/mol. The number of aryl methyl sites for hydroxylation is 1. The minimum atomic E-state index is 0.0563. The van der Waals surface area contributed by atoms with Gasteiger partial charge in [0.15, 0.2) is 5.78 Å². The Labute approximate surface area is 135 Å². The van der Waals surface area contributed by atoms with Gasteiger partial charge in [-0.1, -0.05) is 24.3 Å². The first-order chi connectivity index (χ1) is 11.2. The fourth-order valence-corrected chi connectivity index (χ4v) is 2.85. The summed E-state index contributed by atoms with van der Waals surface area (Å²) in [5, 5.41) is 0. The molecule has 0 radical (unpaired) electrons. The average Bonchev–Trinajstić information content (AvgIpc) is 2.60. The van der Waals surface area contributed by atoms with Crippen LogP contribution in [0.2, 0.25) is 0 Å². The van der Waals surface area contributed by atoms with E-state index in [9.17, 15) is 9.59 Å². The molecule has 0 aromatic heterocycles. The van der Waals surface area contributed by atoms with Crippen molar-refractivity contribution in [1.29, 1.82) is 0 Å². The standard InChI is InChI=1S/C19H19NO3/c1-23-15-9-6-14(7-10-15)8-11-19(22)20-13-12-18(21)16-4-2-3-5-17(16)20/h2-7,9-10H,8,11-13H2,1H3. The third-order valence-corrected chi connectivity index (χ3v) is 4.15. The largest absolute Gasteiger partial charge is 0.497 e. The first-order valence-corrected chi connectivity index (χ1v) is 7.74. The minimum Gasteiger partial charge on any atom is -0.497 e. The number of benzene rings is 2. The van der Waals surface area contributed by atoms with Gasteiger partial charge in [0.2, 0.25) is 5.91 Å². The lowest BCUT2D eigenvalue weighted by atomic mass is 9.99. The third kappa shape index (κ3) is 3.26. The van der Waals surface area contributed by atoms with Crippen LogP contribution in [-0.4, -0.2) is 25.3 Å². The first-order valence-electron chi connectivity index (χ1n) is 7.74. The fourth-order valence-electron chi connectivity index (χ4n) is 2.85. The molecule has 0 atom stereocenters. The molecule has 0 bridgehead atoms. The predicted octanol–water partition coefficient (Wildman–Crippen LogP) is 3.25. The zero-order chi connectivity index (χ0) is 16.2. The van der Waals surface area contributed by atoms with Gasteiger partial charge in [0.1, 0.15) is 5.75 Å². The molecule has 0 spiro atoms. The number of ether oxygens (including phenoxy) is 1. The van der Waals surface area contributed by atoms with Crippen molar-refractivity contribution in [3.05, 3.63) is 59.7 Å². The van der Waals surface area contributed by atoms with Crippen molar-refractivity contribution >= 4 is 17.4 Å². The van der Waals surface area contributed by atoms with Crippen LogP contribution in [0.25, 0.3) is 0 Å². The molecule has 1 aliphatic heterocycles. The second-order valence-electron chi connectivity index (χ2n) is 5.58. The normalized spacial score (nSPS) is 13.6. The van der Waals surface area contributed by atoms with Gasteiger partial charge in [-0.05, 0) is 36.2 Å². The smallest absolute Gasteiger partial charge is 0.227 e. The summed E-state index contributed by atoms with van der Waals surface area (Å²) in [6.45, 7) is 0.470. The van der Waals surface area contributed by atoms with Gasteiger partial charge in [0, 0.05) is 24.9 Å². The molecule has 4 nitrogen and oxygen atoms in total. The Balaban J connectivity index is 1.69. The quantitative estimate of drug-likeness (QED) is 0.871. The molecule has 0 N–H and O–H groups in total. The highest BCUT2D eigenvalue weighted by Crippen LogP contribution is 2.27. The van der Waals surface area contributed by atoms with Crippen LogP contribution in [0.5, 0.6) is 5.75 Å². The van der Waals surface area contributed by atoms with Gasteiger partial charge in [-0.3, -0.25) is 9.59 Å². The number of nitrogens with zero attached hydrogens (tertiary/aromatic N) is 1. The van der Waals surface area contributed by atoms with Gasteiger partial charge in [-0.15, -0.1) is 0 Å². The second-order valence-corrected chi connectivity index (χ2v) is 5.58. The number of carbonyl (C=O) groups excluding carboxylic acids is 2. The Morgan fingerprint density at radius 1 is 1.13 bits per heavy atom. The van der Waals surface area contributed by atoms with Crippen molar-refractivity contribution in [3.63, 3.8) is 0 Å². The molecule has 0 unspecified atom stereocenters. The van der Waals surface area contributed by atoms with E-state index < -0.39 is 0 Å². The van der Waals surface area contributed by atoms with Crippen LogP contribution in [0.3, 0.4) is 0 Å². The predicted molar refractivity (Wildman–Crippen MR) is 89.1 cm³/mol. The van der Waals surface area contributed by atoms with Crippen LogP contribution in [0.4, 0.5) is 5.69 Å². The number of para-hydroxylation sites is 1. The summed E-state index contributed by atoms with van der Waals surface area (Å²) in [6, 6.07) is 15.1. The third-order valence-electron chi connectivity index (χ3n) is 4.15.